The fourth-order valence-corrected chi connectivity index (χ4v) is 4.67. The summed E-state index contributed by atoms with van der Waals surface area (Å²) in [6.07, 6.45) is 3.92. The number of urea groups is 1. The largest absolute Gasteiger partial charge is 0.424 e. The molecule has 0 radical (unpaired) electrons. The number of anilines is 3. The van der Waals surface area contributed by atoms with Gasteiger partial charge in [0.1, 0.15) is 5.75 Å². The molecular weight excluding hydrogens is 567 g/mol. The molecule has 2 aromatic carbocycles. The van der Waals surface area contributed by atoms with Gasteiger partial charge in [-0.2, -0.15) is 13.2 Å². The Bertz CT molecular complexity index is 1650. The average Bonchev–Trinajstić information content (AvgIpc) is 3.46. The second kappa shape index (κ2) is 12.6. The molecule has 214 valence electrons. The van der Waals surface area contributed by atoms with Crippen molar-refractivity contribution in [2.75, 3.05) is 22.5 Å². The van der Waals surface area contributed by atoms with Crippen LogP contribution in [-0.2, 0) is 6.18 Å². The SMILES string of the molecule is CCCNc1ncc(-c2ccc(Oc3ncc(NC(=O)Nc4ccc(C(F)(F)F)cc4-c4cccnc4)cn3)cc2)s1. The lowest BCUT2D eigenvalue weighted by molar-refractivity contribution is -0.137. The summed E-state index contributed by atoms with van der Waals surface area (Å²) in [5.74, 6) is 0.524. The third kappa shape index (κ3) is 7.18. The van der Waals surface area contributed by atoms with Crippen LogP contribution >= 0.6 is 11.3 Å². The number of carbonyl (C=O) groups excluding carboxylic acids is 1. The number of rotatable bonds is 9. The monoisotopic (exact) mass is 591 g/mol. The number of nitrogens with zero attached hydrogens (tertiary/aromatic N) is 4. The zero-order valence-corrected chi connectivity index (χ0v) is 23.0. The van der Waals surface area contributed by atoms with Crippen LogP contribution in [0.15, 0.2) is 85.6 Å². The molecule has 9 nitrogen and oxygen atoms in total. The van der Waals surface area contributed by atoms with Crippen molar-refractivity contribution in [2.24, 2.45) is 0 Å². The van der Waals surface area contributed by atoms with E-state index in [4.69, 9.17) is 4.74 Å². The van der Waals surface area contributed by atoms with E-state index in [1.165, 1.54) is 30.9 Å². The number of benzene rings is 2. The van der Waals surface area contributed by atoms with Crippen LogP contribution in [0.5, 0.6) is 11.8 Å². The predicted octanol–water partition coefficient (Wildman–Crippen LogP) is 7.94. The van der Waals surface area contributed by atoms with E-state index in [1.54, 1.807) is 35.6 Å². The van der Waals surface area contributed by atoms with Gasteiger partial charge in [-0.1, -0.05) is 24.3 Å². The molecular formula is C29H24F3N7O2S. The number of amides is 2. The summed E-state index contributed by atoms with van der Waals surface area (Å²) >= 11 is 1.57. The second-order valence-electron chi connectivity index (χ2n) is 8.92. The number of nitrogens with one attached hydrogen (secondary N) is 3. The van der Waals surface area contributed by atoms with Crippen LogP contribution in [0.3, 0.4) is 0 Å². The van der Waals surface area contributed by atoms with E-state index in [2.05, 4.69) is 42.8 Å². The quantitative estimate of drug-likeness (QED) is 0.159. The molecule has 0 saturated heterocycles. The molecule has 5 rings (SSSR count). The zero-order chi connectivity index (χ0) is 29.5. The zero-order valence-electron chi connectivity index (χ0n) is 22.1. The highest BCUT2D eigenvalue weighted by atomic mass is 32.1. The normalized spacial score (nSPS) is 11.1. The molecule has 2 amide bonds. The number of carbonyl (C=O) groups is 1. The number of hydrogen-bond donors (Lipinski definition) is 3. The first kappa shape index (κ1) is 28.5. The van der Waals surface area contributed by atoms with Crippen molar-refractivity contribution in [3.8, 4) is 33.3 Å². The Hall–Kier alpha value is -5.04. The van der Waals surface area contributed by atoms with E-state index in [9.17, 15) is 18.0 Å². The van der Waals surface area contributed by atoms with Crippen molar-refractivity contribution in [1.29, 1.82) is 0 Å². The van der Waals surface area contributed by atoms with Crippen LogP contribution in [0.25, 0.3) is 21.6 Å². The van der Waals surface area contributed by atoms with Gasteiger partial charge in [-0.05, 0) is 60.5 Å². The lowest BCUT2D eigenvalue weighted by Crippen LogP contribution is -2.20. The van der Waals surface area contributed by atoms with E-state index in [0.717, 1.165) is 40.7 Å². The van der Waals surface area contributed by atoms with Crippen LogP contribution in [-0.4, -0.2) is 32.5 Å². The molecule has 3 aromatic heterocycles. The van der Waals surface area contributed by atoms with Crippen molar-refractivity contribution in [1.82, 2.24) is 19.9 Å². The highest BCUT2D eigenvalue weighted by molar-refractivity contribution is 7.18. The van der Waals surface area contributed by atoms with Crippen LogP contribution in [0.4, 0.5) is 34.5 Å². The van der Waals surface area contributed by atoms with Gasteiger partial charge in [0.15, 0.2) is 5.13 Å². The molecule has 0 aliphatic rings. The number of alkyl halides is 3. The van der Waals surface area contributed by atoms with Gasteiger partial charge in [0, 0.05) is 36.3 Å². The Morgan fingerprint density at radius 1 is 0.929 bits per heavy atom. The van der Waals surface area contributed by atoms with Crippen LogP contribution in [0.2, 0.25) is 0 Å². The first-order chi connectivity index (χ1) is 20.3. The van der Waals surface area contributed by atoms with Gasteiger partial charge in [-0.3, -0.25) is 4.98 Å². The predicted molar refractivity (Wildman–Crippen MR) is 156 cm³/mol. The molecule has 3 heterocycles. The number of aromatic nitrogens is 4. The Morgan fingerprint density at radius 3 is 2.40 bits per heavy atom. The Morgan fingerprint density at radius 2 is 1.71 bits per heavy atom. The number of thiazole rings is 1. The summed E-state index contributed by atoms with van der Waals surface area (Å²) < 4.78 is 45.7. The van der Waals surface area contributed by atoms with Gasteiger partial charge in [-0.25, -0.2) is 19.7 Å². The Kier molecular flexibility index (Phi) is 8.58. The lowest BCUT2D eigenvalue weighted by atomic mass is 10.0. The molecule has 0 unspecified atom stereocenters. The van der Waals surface area contributed by atoms with Gasteiger partial charge < -0.3 is 20.7 Å². The standard InChI is InChI=1S/C29H24F3N7O2S/c1-2-11-34-28-37-17-25(42-28)18-5-8-22(9-6-18)41-27-35-15-21(16-36-27)38-26(40)39-24-10-7-20(29(30,31)32)13-23(24)19-4-3-12-33-14-19/h3-10,12-17H,2,11H2,1H3,(H,34,37)(H2,38,39,40). The van der Waals surface area contributed by atoms with Gasteiger partial charge in [0.2, 0.25) is 0 Å². The topological polar surface area (TPSA) is 114 Å². The number of ether oxygens (including phenoxy) is 1. The first-order valence-corrected chi connectivity index (χ1v) is 13.6. The summed E-state index contributed by atoms with van der Waals surface area (Å²) in [5.41, 5.74) is 1.16. The third-order valence-electron chi connectivity index (χ3n) is 5.83. The molecule has 0 atom stereocenters. The highest BCUT2D eigenvalue weighted by Crippen LogP contribution is 2.36. The van der Waals surface area contributed by atoms with Crippen LogP contribution < -0.4 is 20.7 Å². The molecule has 0 aliphatic heterocycles. The van der Waals surface area contributed by atoms with Gasteiger partial charge in [-0.15, -0.1) is 0 Å². The molecule has 5 aromatic rings. The summed E-state index contributed by atoms with van der Waals surface area (Å²) in [4.78, 5) is 30.3. The van der Waals surface area contributed by atoms with E-state index in [1.807, 2.05) is 18.3 Å². The maximum atomic E-state index is 13.3. The minimum atomic E-state index is -4.54. The Labute approximate surface area is 242 Å². The minimum absolute atomic E-state index is 0.0687. The van der Waals surface area contributed by atoms with Crippen LogP contribution in [0, 0.1) is 0 Å². The van der Waals surface area contributed by atoms with Crippen molar-refractivity contribution in [3.63, 3.8) is 0 Å². The van der Waals surface area contributed by atoms with Crippen molar-refractivity contribution in [2.45, 2.75) is 19.5 Å². The maximum absolute atomic E-state index is 13.3. The maximum Gasteiger partial charge on any atom is 0.416 e. The molecule has 13 heteroatoms. The van der Waals surface area contributed by atoms with Crippen molar-refractivity contribution in [3.05, 3.63) is 91.1 Å². The highest BCUT2D eigenvalue weighted by Gasteiger charge is 2.31. The number of pyridine rings is 1. The lowest BCUT2D eigenvalue weighted by Gasteiger charge is -2.15. The molecule has 0 saturated carbocycles. The summed E-state index contributed by atoms with van der Waals surface area (Å²) in [7, 11) is 0. The summed E-state index contributed by atoms with van der Waals surface area (Å²) in [6, 6.07) is 13.0. The van der Waals surface area contributed by atoms with E-state index in [-0.39, 0.29) is 22.9 Å². The fraction of sp³-hybridized carbons (Fsp3) is 0.138. The average molecular weight is 592 g/mol. The molecule has 42 heavy (non-hydrogen) atoms. The number of hydrogen-bond acceptors (Lipinski definition) is 8. The van der Waals surface area contributed by atoms with E-state index < -0.39 is 17.8 Å². The number of halogens is 3. The molecule has 0 fully saturated rings. The molecule has 3 N–H and O–H groups in total. The van der Waals surface area contributed by atoms with E-state index in [0.29, 0.717) is 11.3 Å². The third-order valence-corrected chi connectivity index (χ3v) is 6.84. The molecule has 0 bridgehead atoms. The van der Waals surface area contributed by atoms with Gasteiger partial charge in [0.25, 0.3) is 0 Å². The first-order valence-electron chi connectivity index (χ1n) is 12.8. The summed E-state index contributed by atoms with van der Waals surface area (Å²) in [5, 5.41) is 9.29. The molecule has 0 aliphatic carbocycles. The van der Waals surface area contributed by atoms with Crippen LogP contribution in [0.1, 0.15) is 18.9 Å². The van der Waals surface area contributed by atoms with Gasteiger partial charge in [0.05, 0.1) is 34.2 Å². The van der Waals surface area contributed by atoms with Crippen molar-refractivity contribution >= 4 is 33.9 Å². The Balaban J connectivity index is 1.21. The molecule has 0 spiro atoms. The van der Waals surface area contributed by atoms with E-state index >= 15 is 0 Å². The smallest absolute Gasteiger partial charge is 0.416 e. The second-order valence-corrected chi connectivity index (χ2v) is 9.95. The van der Waals surface area contributed by atoms with Gasteiger partial charge >= 0.3 is 18.2 Å². The fourth-order valence-electron chi connectivity index (χ4n) is 3.82. The van der Waals surface area contributed by atoms with Crippen molar-refractivity contribution < 1.29 is 22.7 Å². The minimum Gasteiger partial charge on any atom is -0.424 e. The summed E-state index contributed by atoms with van der Waals surface area (Å²) in [6.45, 7) is 2.96.